The third kappa shape index (κ3) is 2.76. The molecule has 3 heteroatoms. The molecule has 0 unspecified atom stereocenters. The van der Waals surface area contributed by atoms with Gasteiger partial charge in [-0.2, -0.15) is 0 Å². The maximum absolute atomic E-state index is 12.3. The Morgan fingerprint density at radius 2 is 1.75 bits per heavy atom. The third-order valence-corrected chi connectivity index (χ3v) is 4.17. The molecule has 0 aromatic rings. The molecule has 94 valence electrons. The van der Waals surface area contributed by atoms with Gasteiger partial charge in [0, 0.05) is 13.1 Å². The summed E-state index contributed by atoms with van der Waals surface area (Å²) >= 11 is 0. The zero-order valence-corrected chi connectivity index (χ0v) is 11.0. The number of piperidine rings is 1. The van der Waals surface area contributed by atoms with Crippen molar-refractivity contribution in [2.24, 2.45) is 11.7 Å². The molecule has 0 spiro atoms. The van der Waals surface area contributed by atoms with Gasteiger partial charge in [0.25, 0.3) is 0 Å². The molecule has 2 N–H and O–H groups in total. The molecule has 0 radical (unpaired) electrons. The van der Waals surface area contributed by atoms with Crippen LogP contribution in [-0.2, 0) is 4.79 Å². The predicted octanol–water partition coefficient (Wildman–Crippen LogP) is 2.15. The molecule has 0 aromatic carbocycles. The Balaban J connectivity index is 2.56. The van der Waals surface area contributed by atoms with Crippen LogP contribution < -0.4 is 5.73 Å². The molecule has 3 nitrogen and oxygen atoms in total. The van der Waals surface area contributed by atoms with Gasteiger partial charge in [0.1, 0.15) is 0 Å². The van der Waals surface area contributed by atoms with E-state index in [2.05, 4.69) is 6.92 Å². The van der Waals surface area contributed by atoms with E-state index in [9.17, 15) is 4.79 Å². The van der Waals surface area contributed by atoms with Gasteiger partial charge < -0.3 is 10.6 Å². The lowest BCUT2D eigenvalue weighted by molar-refractivity contribution is -0.138. The van der Waals surface area contributed by atoms with Gasteiger partial charge in [0.15, 0.2) is 0 Å². The number of nitrogens with zero attached hydrogens (tertiary/aromatic N) is 1. The first kappa shape index (κ1) is 13.5. The molecule has 0 saturated carbocycles. The van der Waals surface area contributed by atoms with Crippen molar-refractivity contribution in [3.63, 3.8) is 0 Å². The summed E-state index contributed by atoms with van der Waals surface area (Å²) in [6, 6.07) is 0. The maximum Gasteiger partial charge on any atom is 0.242 e. The van der Waals surface area contributed by atoms with Crippen molar-refractivity contribution >= 4 is 5.91 Å². The number of amides is 1. The van der Waals surface area contributed by atoms with E-state index >= 15 is 0 Å². The van der Waals surface area contributed by atoms with Crippen LogP contribution in [0.3, 0.4) is 0 Å². The van der Waals surface area contributed by atoms with E-state index in [0.29, 0.717) is 0 Å². The number of nitrogens with two attached hydrogens (primary N) is 1. The summed E-state index contributed by atoms with van der Waals surface area (Å²) in [5.74, 6) is 0.964. The molecule has 1 saturated heterocycles. The van der Waals surface area contributed by atoms with Crippen LogP contribution in [-0.4, -0.2) is 29.4 Å². The fourth-order valence-electron chi connectivity index (χ4n) is 2.41. The predicted molar refractivity (Wildman–Crippen MR) is 67.1 cm³/mol. The molecule has 0 aromatic heterocycles. The van der Waals surface area contributed by atoms with Crippen LogP contribution in [0.2, 0.25) is 0 Å². The number of hydrogen-bond acceptors (Lipinski definition) is 2. The summed E-state index contributed by atoms with van der Waals surface area (Å²) in [4.78, 5) is 14.2. The van der Waals surface area contributed by atoms with Crippen LogP contribution >= 0.6 is 0 Å². The summed E-state index contributed by atoms with van der Waals surface area (Å²) in [5, 5.41) is 0. The molecule has 1 aliphatic heterocycles. The molecule has 0 bridgehead atoms. The van der Waals surface area contributed by atoms with Crippen LogP contribution in [0.1, 0.15) is 52.9 Å². The lowest BCUT2D eigenvalue weighted by Gasteiger charge is -2.37. The van der Waals surface area contributed by atoms with Crippen LogP contribution in [0, 0.1) is 5.92 Å². The standard InChI is InChI=1S/C13H26N2O/c1-4-11-7-9-15(10-8-11)12(16)13(14,5-2)6-3/h11H,4-10,14H2,1-3H3. The zero-order valence-electron chi connectivity index (χ0n) is 11.0. The number of hydrogen-bond donors (Lipinski definition) is 1. The van der Waals surface area contributed by atoms with Crippen LogP contribution in [0.15, 0.2) is 0 Å². The normalized spacial score (nSPS) is 18.9. The van der Waals surface area contributed by atoms with E-state index in [-0.39, 0.29) is 5.91 Å². The Morgan fingerprint density at radius 1 is 1.25 bits per heavy atom. The first-order chi connectivity index (χ1) is 7.57. The fraction of sp³-hybridized carbons (Fsp3) is 0.923. The summed E-state index contributed by atoms with van der Waals surface area (Å²) in [6.45, 7) is 8.03. The van der Waals surface area contributed by atoms with Crippen LogP contribution in [0.5, 0.6) is 0 Å². The number of likely N-dealkylation sites (tertiary alicyclic amines) is 1. The highest BCUT2D eigenvalue weighted by atomic mass is 16.2. The average Bonchev–Trinajstić information content (AvgIpc) is 2.37. The topological polar surface area (TPSA) is 46.3 Å². The van der Waals surface area contributed by atoms with Crippen molar-refractivity contribution in [1.82, 2.24) is 4.90 Å². The second-order valence-electron chi connectivity index (χ2n) is 5.01. The molecule has 1 heterocycles. The van der Waals surface area contributed by atoms with E-state index in [4.69, 9.17) is 5.73 Å². The smallest absolute Gasteiger partial charge is 0.242 e. The van der Waals surface area contributed by atoms with Crippen molar-refractivity contribution in [3.8, 4) is 0 Å². The second kappa shape index (κ2) is 5.67. The Kier molecular flexibility index (Phi) is 4.78. The van der Waals surface area contributed by atoms with Gasteiger partial charge in [0.2, 0.25) is 5.91 Å². The lowest BCUT2D eigenvalue weighted by Crippen LogP contribution is -2.56. The Hall–Kier alpha value is -0.570. The Morgan fingerprint density at radius 3 is 2.12 bits per heavy atom. The van der Waals surface area contributed by atoms with E-state index in [1.54, 1.807) is 0 Å². The van der Waals surface area contributed by atoms with Gasteiger partial charge in [-0.3, -0.25) is 4.79 Å². The largest absolute Gasteiger partial charge is 0.341 e. The Labute approximate surface area is 99.4 Å². The molecule has 1 aliphatic rings. The van der Waals surface area contributed by atoms with E-state index in [1.807, 2.05) is 18.7 Å². The summed E-state index contributed by atoms with van der Waals surface area (Å²) in [6.07, 6.45) is 4.99. The summed E-state index contributed by atoms with van der Waals surface area (Å²) in [5.41, 5.74) is 5.52. The van der Waals surface area contributed by atoms with Gasteiger partial charge in [-0.05, 0) is 31.6 Å². The summed E-state index contributed by atoms with van der Waals surface area (Å²) < 4.78 is 0. The average molecular weight is 226 g/mol. The minimum atomic E-state index is -0.626. The van der Waals surface area contributed by atoms with Gasteiger partial charge in [-0.15, -0.1) is 0 Å². The second-order valence-corrected chi connectivity index (χ2v) is 5.01. The van der Waals surface area contributed by atoms with Gasteiger partial charge in [-0.1, -0.05) is 27.2 Å². The van der Waals surface area contributed by atoms with E-state index in [1.165, 1.54) is 6.42 Å². The Bertz CT molecular complexity index is 228. The zero-order chi connectivity index (χ0) is 12.2. The van der Waals surface area contributed by atoms with Gasteiger partial charge in [0.05, 0.1) is 5.54 Å². The molecular weight excluding hydrogens is 200 g/mol. The quantitative estimate of drug-likeness (QED) is 0.798. The highest BCUT2D eigenvalue weighted by molar-refractivity contribution is 5.86. The number of carbonyl (C=O) groups excluding carboxylic acids is 1. The van der Waals surface area contributed by atoms with E-state index < -0.39 is 5.54 Å². The highest BCUT2D eigenvalue weighted by Gasteiger charge is 2.35. The maximum atomic E-state index is 12.3. The number of carbonyl (C=O) groups is 1. The van der Waals surface area contributed by atoms with Crippen molar-refractivity contribution < 1.29 is 4.79 Å². The van der Waals surface area contributed by atoms with Crippen LogP contribution in [0.4, 0.5) is 0 Å². The molecular formula is C13H26N2O. The van der Waals surface area contributed by atoms with Gasteiger partial charge >= 0.3 is 0 Å². The van der Waals surface area contributed by atoms with Crippen LogP contribution in [0.25, 0.3) is 0 Å². The lowest BCUT2D eigenvalue weighted by atomic mass is 9.89. The van der Waals surface area contributed by atoms with Crippen molar-refractivity contribution in [2.45, 2.75) is 58.4 Å². The number of rotatable bonds is 4. The minimum absolute atomic E-state index is 0.159. The van der Waals surface area contributed by atoms with Crippen molar-refractivity contribution in [3.05, 3.63) is 0 Å². The third-order valence-electron chi connectivity index (χ3n) is 4.17. The molecule has 1 amide bonds. The first-order valence-electron chi connectivity index (χ1n) is 6.65. The summed E-state index contributed by atoms with van der Waals surface area (Å²) in [7, 11) is 0. The van der Waals surface area contributed by atoms with Crippen molar-refractivity contribution in [2.75, 3.05) is 13.1 Å². The highest BCUT2D eigenvalue weighted by Crippen LogP contribution is 2.23. The fourth-order valence-corrected chi connectivity index (χ4v) is 2.41. The monoisotopic (exact) mass is 226 g/mol. The molecule has 1 rings (SSSR count). The van der Waals surface area contributed by atoms with Gasteiger partial charge in [-0.25, -0.2) is 0 Å². The SMILES string of the molecule is CCC1CCN(C(=O)C(N)(CC)CC)CC1. The minimum Gasteiger partial charge on any atom is -0.341 e. The molecule has 0 atom stereocenters. The van der Waals surface area contributed by atoms with E-state index in [0.717, 1.165) is 44.7 Å². The molecule has 1 fully saturated rings. The first-order valence-corrected chi connectivity index (χ1v) is 6.65. The van der Waals surface area contributed by atoms with Crippen molar-refractivity contribution in [1.29, 1.82) is 0 Å². The molecule has 16 heavy (non-hydrogen) atoms. The molecule has 0 aliphatic carbocycles.